The lowest BCUT2D eigenvalue weighted by molar-refractivity contribution is -0.125. The van der Waals surface area contributed by atoms with Crippen molar-refractivity contribution in [2.45, 2.75) is 95.0 Å². The summed E-state index contributed by atoms with van der Waals surface area (Å²) in [6.45, 7) is 4.55. The van der Waals surface area contributed by atoms with Gasteiger partial charge in [-0.2, -0.15) is 0 Å². The number of aromatic nitrogens is 1. The molecule has 242 valence electrons. The molecule has 2 unspecified atom stereocenters. The highest BCUT2D eigenvalue weighted by molar-refractivity contribution is 6.36. The second-order valence-electron chi connectivity index (χ2n) is 13.8. The van der Waals surface area contributed by atoms with Crippen LogP contribution in [0.5, 0.6) is 0 Å². The average Bonchev–Trinajstić information content (AvgIpc) is 3.74. The topological polar surface area (TPSA) is 54.5 Å². The monoisotopic (exact) mass is 660 g/mol. The van der Waals surface area contributed by atoms with Gasteiger partial charge in [0.15, 0.2) is 5.78 Å². The summed E-state index contributed by atoms with van der Waals surface area (Å²) in [6, 6.07) is 20.3. The fraction of sp³-hybridized carbons (Fsp3) is 0.447. The Morgan fingerprint density at radius 2 is 1.59 bits per heavy atom. The Bertz CT molecular complexity index is 1690. The standard InChI is InChI=1S/C38H43Cl2FN4O/c39-34-7-6-8-35(40)33(34)25-45-23-29-20-30(45)22-44(29)21-26-10-15-36-31(19-26)32(27-11-13-28(41)14-12-27)24-43(36)18-5-2-9-37(46)38(42)16-3-1-4-17-38/h6-8,10-15,19,24,29-30H,1-5,9,16-18,20-23,25,42H2. The van der Waals surface area contributed by atoms with Gasteiger partial charge in [-0.25, -0.2) is 4.39 Å². The summed E-state index contributed by atoms with van der Waals surface area (Å²) < 4.78 is 16.1. The summed E-state index contributed by atoms with van der Waals surface area (Å²) in [5.74, 6) is -0.00368. The van der Waals surface area contributed by atoms with Crippen LogP contribution in [0.2, 0.25) is 10.0 Å². The highest BCUT2D eigenvalue weighted by atomic mass is 35.5. The molecule has 8 heteroatoms. The van der Waals surface area contributed by atoms with Crippen molar-refractivity contribution in [3.05, 3.63) is 93.8 Å². The van der Waals surface area contributed by atoms with Crippen LogP contribution < -0.4 is 5.73 Å². The molecule has 2 atom stereocenters. The summed E-state index contributed by atoms with van der Waals surface area (Å²) in [6.07, 6.45) is 10.6. The van der Waals surface area contributed by atoms with Gasteiger partial charge < -0.3 is 10.3 Å². The van der Waals surface area contributed by atoms with E-state index < -0.39 is 5.54 Å². The lowest BCUT2D eigenvalue weighted by Gasteiger charge is -2.34. The number of ketones is 1. The van der Waals surface area contributed by atoms with Crippen LogP contribution in [-0.2, 0) is 24.4 Å². The molecule has 1 aliphatic carbocycles. The molecule has 2 saturated heterocycles. The third kappa shape index (κ3) is 6.52. The number of likely N-dealkylation sites (tertiary alicyclic amines) is 2. The van der Waals surface area contributed by atoms with Crippen molar-refractivity contribution in [3.8, 4) is 11.1 Å². The molecule has 3 heterocycles. The zero-order chi connectivity index (χ0) is 31.8. The maximum Gasteiger partial charge on any atom is 0.152 e. The van der Waals surface area contributed by atoms with Crippen LogP contribution in [0.25, 0.3) is 22.0 Å². The van der Waals surface area contributed by atoms with Crippen molar-refractivity contribution < 1.29 is 9.18 Å². The van der Waals surface area contributed by atoms with E-state index in [1.54, 1.807) is 0 Å². The number of Topliss-reactive ketones (excluding diaryl/α,β-unsaturated/α-hetero) is 1. The molecule has 1 aromatic heterocycles. The van der Waals surface area contributed by atoms with Crippen molar-refractivity contribution >= 4 is 39.9 Å². The Morgan fingerprint density at radius 1 is 0.891 bits per heavy atom. The summed E-state index contributed by atoms with van der Waals surface area (Å²) in [5, 5.41) is 2.66. The first-order chi connectivity index (χ1) is 22.3. The molecular weight excluding hydrogens is 618 g/mol. The molecule has 2 N–H and O–H groups in total. The van der Waals surface area contributed by atoms with Crippen molar-refractivity contribution in [2.75, 3.05) is 13.1 Å². The maximum atomic E-state index is 13.8. The Labute approximate surface area is 281 Å². The number of benzene rings is 3. The second kappa shape index (κ2) is 13.4. The van der Waals surface area contributed by atoms with E-state index in [0.717, 1.165) is 104 Å². The molecule has 4 aromatic rings. The van der Waals surface area contributed by atoms with Crippen LogP contribution in [0, 0.1) is 5.82 Å². The highest BCUT2D eigenvalue weighted by Gasteiger charge is 2.43. The SMILES string of the molecule is NC1(C(=O)CCCCn2cc(-c3ccc(F)cc3)c3cc(CN4CC5CC4CN5Cc4c(Cl)cccc4Cl)ccc32)CCCCC1. The summed E-state index contributed by atoms with van der Waals surface area (Å²) in [5.41, 5.74) is 11.5. The van der Waals surface area contributed by atoms with Crippen LogP contribution in [0.1, 0.15) is 68.9 Å². The number of rotatable bonds is 11. The van der Waals surface area contributed by atoms with E-state index in [2.05, 4.69) is 38.8 Å². The number of unbranched alkanes of at least 4 members (excludes halogenated alkanes) is 1. The van der Waals surface area contributed by atoms with Gasteiger partial charge in [-0.15, -0.1) is 0 Å². The van der Waals surface area contributed by atoms with Crippen LogP contribution in [-0.4, -0.2) is 50.9 Å². The Morgan fingerprint density at radius 3 is 2.28 bits per heavy atom. The number of nitrogens with two attached hydrogens (primary N) is 1. The van der Waals surface area contributed by atoms with E-state index in [-0.39, 0.29) is 11.6 Å². The van der Waals surface area contributed by atoms with E-state index in [4.69, 9.17) is 28.9 Å². The number of nitrogens with zero attached hydrogens (tertiary/aromatic N) is 3. The van der Waals surface area contributed by atoms with E-state index in [0.29, 0.717) is 18.5 Å². The predicted octanol–water partition coefficient (Wildman–Crippen LogP) is 8.61. The molecule has 3 aromatic carbocycles. The van der Waals surface area contributed by atoms with Gasteiger partial charge in [0.25, 0.3) is 0 Å². The van der Waals surface area contributed by atoms with E-state index >= 15 is 0 Å². The predicted molar refractivity (Wildman–Crippen MR) is 186 cm³/mol. The van der Waals surface area contributed by atoms with Gasteiger partial charge in [0.05, 0.1) is 5.54 Å². The van der Waals surface area contributed by atoms with Crippen LogP contribution in [0.4, 0.5) is 4.39 Å². The fourth-order valence-corrected chi connectivity index (χ4v) is 8.62. The number of aryl methyl sites for hydroxylation is 1. The first-order valence-corrected chi connectivity index (χ1v) is 17.6. The van der Waals surface area contributed by atoms with Gasteiger partial charge in [-0.1, -0.05) is 66.7 Å². The molecule has 0 amide bonds. The zero-order valence-electron chi connectivity index (χ0n) is 26.4. The number of carbonyl (C=O) groups excluding carboxylic acids is 1. The van der Waals surface area contributed by atoms with Crippen molar-refractivity contribution in [2.24, 2.45) is 5.73 Å². The lowest BCUT2D eigenvalue weighted by atomic mass is 9.78. The molecule has 3 aliphatic rings. The first kappa shape index (κ1) is 31.8. The molecule has 46 heavy (non-hydrogen) atoms. The minimum atomic E-state index is -0.610. The number of hydrogen-bond donors (Lipinski definition) is 1. The quantitative estimate of drug-likeness (QED) is 0.164. The first-order valence-electron chi connectivity index (χ1n) is 16.9. The molecule has 7 rings (SSSR count). The summed E-state index contributed by atoms with van der Waals surface area (Å²) >= 11 is 13.0. The second-order valence-corrected chi connectivity index (χ2v) is 14.6. The number of halogens is 3. The van der Waals surface area contributed by atoms with Crippen LogP contribution in [0.15, 0.2) is 66.9 Å². The number of piperazine rings is 1. The number of carbonyl (C=O) groups is 1. The van der Waals surface area contributed by atoms with Crippen LogP contribution >= 0.6 is 23.2 Å². The van der Waals surface area contributed by atoms with Gasteiger partial charge in [0.1, 0.15) is 5.82 Å². The van der Waals surface area contributed by atoms with Gasteiger partial charge in [0, 0.05) is 89.5 Å². The Kier molecular flexibility index (Phi) is 9.28. The molecule has 0 radical (unpaired) electrons. The maximum absolute atomic E-state index is 13.8. The third-order valence-electron chi connectivity index (χ3n) is 10.7. The molecular formula is C38H43Cl2FN4O. The Hall–Kier alpha value is -2.74. The van der Waals surface area contributed by atoms with E-state index in [1.165, 1.54) is 35.0 Å². The molecule has 3 fully saturated rings. The lowest BCUT2D eigenvalue weighted by Crippen LogP contribution is -2.49. The third-order valence-corrected chi connectivity index (χ3v) is 11.4. The molecule has 0 spiro atoms. The molecule has 1 saturated carbocycles. The van der Waals surface area contributed by atoms with Crippen molar-refractivity contribution in [1.29, 1.82) is 0 Å². The smallest absolute Gasteiger partial charge is 0.152 e. The summed E-state index contributed by atoms with van der Waals surface area (Å²) in [4.78, 5) is 18.1. The van der Waals surface area contributed by atoms with Gasteiger partial charge >= 0.3 is 0 Å². The van der Waals surface area contributed by atoms with Gasteiger partial charge in [-0.05, 0) is 79.6 Å². The number of hydrogen-bond acceptors (Lipinski definition) is 4. The normalized spacial score (nSPS) is 21.4. The fourth-order valence-electron chi connectivity index (χ4n) is 8.11. The zero-order valence-corrected chi connectivity index (χ0v) is 27.9. The largest absolute Gasteiger partial charge is 0.347 e. The highest BCUT2D eigenvalue weighted by Crippen LogP contribution is 2.37. The summed E-state index contributed by atoms with van der Waals surface area (Å²) in [7, 11) is 0. The molecule has 2 aliphatic heterocycles. The Balaban J connectivity index is 1.04. The van der Waals surface area contributed by atoms with E-state index in [1.807, 2.05) is 30.3 Å². The van der Waals surface area contributed by atoms with Crippen molar-refractivity contribution in [1.82, 2.24) is 14.4 Å². The minimum absolute atomic E-state index is 0.229. The average molecular weight is 662 g/mol. The molecule has 2 bridgehead atoms. The van der Waals surface area contributed by atoms with Gasteiger partial charge in [-0.3, -0.25) is 14.6 Å². The van der Waals surface area contributed by atoms with Crippen molar-refractivity contribution in [3.63, 3.8) is 0 Å². The van der Waals surface area contributed by atoms with Gasteiger partial charge in [0.2, 0.25) is 0 Å². The van der Waals surface area contributed by atoms with Crippen LogP contribution in [0.3, 0.4) is 0 Å². The number of fused-ring (bicyclic) bond motifs is 3. The minimum Gasteiger partial charge on any atom is -0.347 e. The van der Waals surface area contributed by atoms with E-state index in [9.17, 15) is 9.18 Å². The molecule has 5 nitrogen and oxygen atoms in total.